The van der Waals surface area contributed by atoms with E-state index in [-0.39, 0.29) is 18.1 Å². The van der Waals surface area contributed by atoms with Gasteiger partial charge in [0.2, 0.25) is 0 Å². The quantitative estimate of drug-likeness (QED) is 0.865. The minimum atomic E-state index is 0.126. The molecule has 16 heavy (non-hydrogen) atoms. The fourth-order valence-electron chi connectivity index (χ4n) is 1.70. The molecule has 0 amide bonds. The average Bonchev–Trinajstić information content (AvgIpc) is 2.96. The van der Waals surface area contributed by atoms with Crippen LogP contribution in [-0.2, 0) is 0 Å². The predicted molar refractivity (Wildman–Crippen MR) is 69.5 cm³/mol. The van der Waals surface area contributed by atoms with Gasteiger partial charge >= 0.3 is 0 Å². The van der Waals surface area contributed by atoms with Gasteiger partial charge in [0.1, 0.15) is 0 Å². The highest BCUT2D eigenvalue weighted by Crippen LogP contribution is 2.45. The summed E-state index contributed by atoms with van der Waals surface area (Å²) in [4.78, 5) is 0. The number of aliphatic hydroxyl groups excluding tert-OH is 1. The van der Waals surface area contributed by atoms with Crippen LogP contribution in [-0.4, -0.2) is 18.3 Å². The van der Waals surface area contributed by atoms with Crippen LogP contribution < -0.4 is 5.32 Å². The Bertz CT molecular complexity index is 376. The van der Waals surface area contributed by atoms with Gasteiger partial charge in [0.25, 0.3) is 0 Å². The first kappa shape index (κ1) is 12.7. The van der Waals surface area contributed by atoms with Crippen LogP contribution in [0.15, 0.2) is 6.07 Å². The summed E-state index contributed by atoms with van der Waals surface area (Å²) in [5.41, 5.74) is 1.17. The molecular weight excluding hydrogens is 265 g/mol. The van der Waals surface area contributed by atoms with Crippen LogP contribution in [0.4, 0.5) is 0 Å². The third-order valence-electron chi connectivity index (χ3n) is 3.23. The summed E-state index contributed by atoms with van der Waals surface area (Å²) in [6.07, 6.45) is 2.22. The molecule has 1 aliphatic carbocycles. The van der Waals surface area contributed by atoms with Crippen LogP contribution in [0, 0.1) is 5.41 Å². The van der Waals surface area contributed by atoms with Gasteiger partial charge < -0.3 is 10.4 Å². The van der Waals surface area contributed by atoms with E-state index in [0.717, 1.165) is 33.6 Å². The van der Waals surface area contributed by atoms with Crippen molar-refractivity contribution in [2.24, 2.45) is 5.41 Å². The fraction of sp³-hybridized carbons (Fsp3) is 0.636. The van der Waals surface area contributed by atoms with Crippen molar-refractivity contribution >= 4 is 34.5 Å². The Morgan fingerprint density at radius 3 is 2.69 bits per heavy atom. The molecule has 2 nitrogen and oxygen atoms in total. The molecule has 1 aromatic rings. The summed E-state index contributed by atoms with van der Waals surface area (Å²) in [5.74, 6) is 0. The monoisotopic (exact) mass is 279 g/mol. The number of hydrogen-bond donors (Lipinski definition) is 2. The summed E-state index contributed by atoms with van der Waals surface area (Å²) >= 11 is 13.4. The average molecular weight is 280 g/mol. The molecule has 2 N–H and O–H groups in total. The molecule has 1 aliphatic rings. The molecule has 1 saturated carbocycles. The maximum absolute atomic E-state index is 9.21. The van der Waals surface area contributed by atoms with Gasteiger partial charge in [-0.25, -0.2) is 0 Å². The highest BCUT2D eigenvalue weighted by molar-refractivity contribution is 7.20. The Balaban J connectivity index is 1.93. The number of nitrogens with one attached hydrogen (secondary N) is 1. The normalized spacial score (nSPS) is 19.8. The Morgan fingerprint density at radius 1 is 1.56 bits per heavy atom. The van der Waals surface area contributed by atoms with Gasteiger partial charge in [-0.3, -0.25) is 0 Å². The minimum Gasteiger partial charge on any atom is -0.396 e. The third-order valence-corrected chi connectivity index (χ3v) is 4.74. The summed E-state index contributed by atoms with van der Waals surface area (Å²) in [6, 6.07) is 2.09. The highest BCUT2D eigenvalue weighted by atomic mass is 35.5. The molecule has 1 atom stereocenters. The van der Waals surface area contributed by atoms with Gasteiger partial charge in [-0.2, -0.15) is 0 Å². The van der Waals surface area contributed by atoms with Gasteiger partial charge in [0.15, 0.2) is 0 Å². The molecule has 0 aromatic carbocycles. The second kappa shape index (κ2) is 4.83. The Hall–Kier alpha value is 0.200. The summed E-state index contributed by atoms with van der Waals surface area (Å²) in [6.45, 7) is 3.18. The number of hydrogen-bond acceptors (Lipinski definition) is 3. The first-order valence-corrected chi connectivity index (χ1v) is 6.92. The smallest absolute Gasteiger partial charge is 0.0991 e. The van der Waals surface area contributed by atoms with E-state index in [4.69, 9.17) is 23.2 Å². The van der Waals surface area contributed by atoms with Crippen molar-refractivity contribution in [2.45, 2.75) is 25.8 Å². The largest absolute Gasteiger partial charge is 0.396 e. The zero-order valence-electron chi connectivity index (χ0n) is 9.09. The third kappa shape index (κ3) is 2.71. The standard InChI is InChI=1S/C11H15Cl2NOS/c1-7(8-4-9(12)16-10(8)13)14-5-11(6-15)2-3-11/h4,7,14-15H,2-3,5-6H2,1H3. The lowest BCUT2D eigenvalue weighted by Crippen LogP contribution is -2.28. The number of aliphatic hydroxyl groups is 1. The summed E-state index contributed by atoms with van der Waals surface area (Å²) in [7, 11) is 0. The molecule has 1 fully saturated rings. The van der Waals surface area contributed by atoms with Crippen LogP contribution in [0.5, 0.6) is 0 Å². The first-order valence-electron chi connectivity index (χ1n) is 5.35. The number of thiophene rings is 1. The molecule has 1 heterocycles. The lowest BCUT2D eigenvalue weighted by atomic mass is 10.1. The van der Waals surface area contributed by atoms with Gasteiger partial charge in [0, 0.05) is 24.6 Å². The van der Waals surface area contributed by atoms with E-state index in [9.17, 15) is 5.11 Å². The summed E-state index contributed by atoms with van der Waals surface area (Å²) in [5, 5.41) is 12.6. The summed E-state index contributed by atoms with van der Waals surface area (Å²) < 4.78 is 1.47. The van der Waals surface area contributed by atoms with Crippen LogP contribution in [0.1, 0.15) is 31.4 Å². The number of rotatable bonds is 5. The topological polar surface area (TPSA) is 32.3 Å². The van der Waals surface area contributed by atoms with Gasteiger partial charge in [-0.05, 0) is 31.4 Å². The molecular formula is C11H15Cl2NOS. The molecule has 1 unspecified atom stereocenters. The lowest BCUT2D eigenvalue weighted by molar-refractivity contribution is 0.205. The van der Waals surface area contributed by atoms with Crippen LogP contribution >= 0.6 is 34.5 Å². The van der Waals surface area contributed by atoms with Gasteiger partial charge in [-0.15, -0.1) is 11.3 Å². The SMILES string of the molecule is CC(NCC1(CO)CC1)c1cc(Cl)sc1Cl. The molecule has 2 rings (SSSR count). The van der Waals surface area contributed by atoms with E-state index >= 15 is 0 Å². The maximum atomic E-state index is 9.21. The van der Waals surface area contributed by atoms with Crippen molar-refractivity contribution in [1.82, 2.24) is 5.32 Å². The van der Waals surface area contributed by atoms with Crippen LogP contribution in [0.2, 0.25) is 8.67 Å². The van der Waals surface area contributed by atoms with Gasteiger partial charge in [0.05, 0.1) is 8.67 Å². The van der Waals surface area contributed by atoms with Crippen molar-refractivity contribution in [1.29, 1.82) is 0 Å². The highest BCUT2D eigenvalue weighted by Gasteiger charge is 2.41. The Labute approximate surface area is 110 Å². The van der Waals surface area contributed by atoms with Crippen molar-refractivity contribution < 1.29 is 5.11 Å². The van der Waals surface area contributed by atoms with E-state index in [2.05, 4.69) is 12.2 Å². The van der Waals surface area contributed by atoms with E-state index in [1.807, 2.05) is 6.07 Å². The van der Waals surface area contributed by atoms with Crippen molar-refractivity contribution in [3.05, 3.63) is 20.3 Å². The van der Waals surface area contributed by atoms with Crippen molar-refractivity contribution in [2.75, 3.05) is 13.2 Å². The van der Waals surface area contributed by atoms with Crippen LogP contribution in [0.25, 0.3) is 0 Å². The molecule has 0 saturated heterocycles. The molecule has 90 valence electrons. The lowest BCUT2D eigenvalue weighted by Gasteiger charge is -2.18. The van der Waals surface area contributed by atoms with Crippen molar-refractivity contribution in [3.8, 4) is 0 Å². The zero-order valence-corrected chi connectivity index (χ0v) is 11.4. The predicted octanol–water partition coefficient (Wildman–Crippen LogP) is 3.48. The van der Waals surface area contributed by atoms with Gasteiger partial charge in [-0.1, -0.05) is 23.2 Å². The zero-order chi connectivity index (χ0) is 11.8. The fourth-order valence-corrected chi connectivity index (χ4v) is 3.34. The molecule has 1 aromatic heterocycles. The van der Waals surface area contributed by atoms with E-state index in [1.165, 1.54) is 11.3 Å². The van der Waals surface area contributed by atoms with E-state index < -0.39 is 0 Å². The molecule has 0 radical (unpaired) electrons. The Kier molecular flexibility index (Phi) is 3.82. The van der Waals surface area contributed by atoms with Crippen molar-refractivity contribution in [3.63, 3.8) is 0 Å². The molecule has 0 bridgehead atoms. The minimum absolute atomic E-state index is 0.126. The maximum Gasteiger partial charge on any atom is 0.0991 e. The van der Waals surface area contributed by atoms with E-state index in [1.54, 1.807) is 0 Å². The molecule has 5 heteroatoms. The second-order valence-electron chi connectivity index (χ2n) is 4.54. The second-order valence-corrected chi connectivity index (χ2v) is 6.83. The van der Waals surface area contributed by atoms with E-state index in [0.29, 0.717) is 0 Å². The molecule has 0 aliphatic heterocycles. The Morgan fingerprint density at radius 2 is 2.25 bits per heavy atom. The molecule has 0 spiro atoms. The van der Waals surface area contributed by atoms with Crippen LogP contribution in [0.3, 0.4) is 0 Å². The number of halogens is 2. The first-order chi connectivity index (χ1) is 7.56.